The summed E-state index contributed by atoms with van der Waals surface area (Å²) >= 11 is 5.06. The molecule has 3 aromatic rings. The monoisotopic (exact) mass is 223 g/mol. The molecule has 0 spiro atoms. The number of benzene rings is 2. The van der Waals surface area contributed by atoms with Crippen molar-refractivity contribution in [3.8, 4) is 0 Å². The molecule has 1 nitrogen and oxygen atoms in total. The molecule has 0 bridgehead atoms. The predicted molar refractivity (Wildman–Crippen MR) is 72.0 cm³/mol. The highest BCUT2D eigenvalue weighted by atomic mass is 32.1. The molecule has 0 unspecified atom stereocenters. The Morgan fingerprint density at radius 1 is 1.00 bits per heavy atom. The number of nitrogens with zero attached hydrogens (tertiary/aromatic N) is 1. The Morgan fingerprint density at radius 3 is 2.75 bits per heavy atom. The van der Waals surface area contributed by atoms with E-state index in [9.17, 15) is 0 Å². The van der Waals surface area contributed by atoms with E-state index in [2.05, 4.69) is 17.1 Å². The number of hydrogen-bond acceptors (Lipinski definition) is 2. The van der Waals surface area contributed by atoms with Crippen LogP contribution in [0.2, 0.25) is 0 Å². The number of hydrogen-bond donors (Lipinski definition) is 0. The van der Waals surface area contributed by atoms with Crippen LogP contribution in [0.3, 0.4) is 0 Å². The minimum atomic E-state index is 0.998. The lowest BCUT2D eigenvalue weighted by Crippen LogP contribution is -1.87. The second kappa shape index (κ2) is 3.65. The van der Waals surface area contributed by atoms with Crippen LogP contribution in [0.1, 0.15) is 5.56 Å². The molecule has 1 aromatic heterocycles. The summed E-state index contributed by atoms with van der Waals surface area (Å²) in [5.74, 6) is 0. The molecular weight excluding hydrogens is 214 g/mol. The Morgan fingerprint density at radius 2 is 1.88 bits per heavy atom. The van der Waals surface area contributed by atoms with Crippen molar-refractivity contribution < 1.29 is 0 Å². The van der Waals surface area contributed by atoms with Crippen LogP contribution in [0.4, 0.5) is 0 Å². The van der Waals surface area contributed by atoms with Gasteiger partial charge in [-0.1, -0.05) is 48.6 Å². The molecule has 0 aliphatic rings. The van der Waals surface area contributed by atoms with Crippen LogP contribution in [0.25, 0.3) is 21.7 Å². The third-order valence-electron chi connectivity index (χ3n) is 2.77. The van der Waals surface area contributed by atoms with Crippen LogP contribution in [0.5, 0.6) is 0 Å². The van der Waals surface area contributed by atoms with Crippen molar-refractivity contribution in [3.63, 3.8) is 0 Å². The Kier molecular flexibility index (Phi) is 2.15. The third-order valence-corrected chi connectivity index (χ3v) is 3.03. The highest BCUT2D eigenvalue weighted by Crippen LogP contribution is 2.25. The van der Waals surface area contributed by atoms with Crippen molar-refractivity contribution in [3.05, 3.63) is 54.2 Å². The van der Waals surface area contributed by atoms with Gasteiger partial charge >= 0.3 is 0 Å². The maximum Gasteiger partial charge on any atom is 0.0714 e. The molecule has 0 saturated heterocycles. The molecule has 0 fully saturated rings. The van der Waals surface area contributed by atoms with Gasteiger partial charge in [0.2, 0.25) is 0 Å². The molecule has 0 aliphatic carbocycles. The van der Waals surface area contributed by atoms with Gasteiger partial charge in [-0.05, 0) is 17.0 Å². The van der Waals surface area contributed by atoms with Crippen LogP contribution in [-0.4, -0.2) is 10.4 Å². The average Bonchev–Trinajstić information content (AvgIpc) is 2.37. The zero-order valence-electron chi connectivity index (χ0n) is 8.55. The van der Waals surface area contributed by atoms with Crippen LogP contribution in [0, 0.1) is 0 Å². The number of thiocarbonyl (C=S) groups is 1. The number of rotatable bonds is 1. The van der Waals surface area contributed by atoms with Gasteiger partial charge in [-0.25, -0.2) is 0 Å². The Bertz CT molecular complexity index is 688. The lowest BCUT2D eigenvalue weighted by molar-refractivity contribution is 1.44. The van der Waals surface area contributed by atoms with E-state index in [4.69, 9.17) is 12.2 Å². The van der Waals surface area contributed by atoms with Crippen LogP contribution in [-0.2, 0) is 0 Å². The number of fused-ring (bicyclic) bond motifs is 3. The molecule has 2 heteroatoms. The SMILES string of the molecule is S=Cc1cccc2ncc3ccccc3c12. The van der Waals surface area contributed by atoms with Crippen molar-refractivity contribution in [2.45, 2.75) is 0 Å². The first-order valence-corrected chi connectivity index (χ1v) is 5.59. The van der Waals surface area contributed by atoms with Gasteiger partial charge in [0.05, 0.1) is 5.52 Å². The summed E-state index contributed by atoms with van der Waals surface area (Å²) in [6.07, 6.45) is 1.91. The van der Waals surface area contributed by atoms with Gasteiger partial charge < -0.3 is 0 Å². The maximum absolute atomic E-state index is 5.06. The molecule has 2 aromatic carbocycles. The van der Waals surface area contributed by atoms with Gasteiger partial charge in [-0.15, -0.1) is 0 Å². The first kappa shape index (κ1) is 9.43. The fraction of sp³-hybridized carbons (Fsp3) is 0. The topological polar surface area (TPSA) is 12.9 Å². The van der Waals surface area contributed by atoms with Crippen molar-refractivity contribution in [1.29, 1.82) is 0 Å². The zero-order valence-corrected chi connectivity index (χ0v) is 9.37. The molecule has 0 saturated carbocycles. The van der Waals surface area contributed by atoms with Gasteiger partial charge in [-0.3, -0.25) is 4.98 Å². The van der Waals surface area contributed by atoms with E-state index in [0.29, 0.717) is 0 Å². The van der Waals surface area contributed by atoms with Gasteiger partial charge in [0, 0.05) is 22.3 Å². The quantitative estimate of drug-likeness (QED) is 0.460. The molecule has 0 radical (unpaired) electrons. The van der Waals surface area contributed by atoms with Crippen molar-refractivity contribution >= 4 is 39.3 Å². The lowest BCUT2D eigenvalue weighted by atomic mass is 10.0. The van der Waals surface area contributed by atoms with Crippen LogP contribution < -0.4 is 0 Å². The molecule has 16 heavy (non-hydrogen) atoms. The van der Waals surface area contributed by atoms with Crippen molar-refractivity contribution in [1.82, 2.24) is 4.98 Å². The molecule has 3 rings (SSSR count). The van der Waals surface area contributed by atoms with E-state index < -0.39 is 0 Å². The highest BCUT2D eigenvalue weighted by molar-refractivity contribution is 7.79. The Labute approximate surface area is 98.7 Å². The smallest absolute Gasteiger partial charge is 0.0714 e. The fourth-order valence-corrected chi connectivity index (χ4v) is 2.23. The molecular formula is C14H9NS. The van der Waals surface area contributed by atoms with E-state index in [-0.39, 0.29) is 0 Å². The molecule has 76 valence electrons. The van der Waals surface area contributed by atoms with E-state index in [1.807, 2.05) is 36.5 Å². The second-order valence-electron chi connectivity index (χ2n) is 3.70. The van der Waals surface area contributed by atoms with Gasteiger partial charge in [0.25, 0.3) is 0 Å². The van der Waals surface area contributed by atoms with E-state index in [1.165, 1.54) is 5.39 Å². The molecule has 0 amide bonds. The molecule has 0 atom stereocenters. The minimum Gasteiger partial charge on any atom is -0.256 e. The van der Waals surface area contributed by atoms with Gasteiger partial charge in [-0.2, -0.15) is 0 Å². The van der Waals surface area contributed by atoms with Crippen molar-refractivity contribution in [2.75, 3.05) is 0 Å². The Hall–Kier alpha value is -1.80. The molecule has 0 N–H and O–H groups in total. The van der Waals surface area contributed by atoms with Crippen LogP contribution in [0.15, 0.2) is 48.7 Å². The first-order valence-electron chi connectivity index (χ1n) is 5.12. The summed E-state index contributed by atoms with van der Waals surface area (Å²) in [5, 5.41) is 5.23. The summed E-state index contributed by atoms with van der Waals surface area (Å²) in [6, 6.07) is 14.3. The van der Waals surface area contributed by atoms with E-state index in [0.717, 1.165) is 21.9 Å². The lowest BCUT2D eigenvalue weighted by Gasteiger charge is -2.05. The summed E-state index contributed by atoms with van der Waals surface area (Å²) < 4.78 is 0. The van der Waals surface area contributed by atoms with E-state index >= 15 is 0 Å². The van der Waals surface area contributed by atoms with Crippen molar-refractivity contribution in [2.24, 2.45) is 0 Å². The summed E-state index contributed by atoms with van der Waals surface area (Å²) in [5.41, 5.74) is 2.06. The predicted octanol–water partition coefficient (Wildman–Crippen LogP) is 3.74. The normalized spacial score (nSPS) is 10.8. The summed E-state index contributed by atoms with van der Waals surface area (Å²) in [4.78, 5) is 4.45. The van der Waals surface area contributed by atoms with Crippen LogP contribution >= 0.6 is 12.2 Å². The average molecular weight is 223 g/mol. The standard InChI is InChI=1S/C14H9NS/c16-9-11-5-3-7-13-14(11)12-6-2-1-4-10(12)8-15-13/h1-9H. The van der Waals surface area contributed by atoms with E-state index in [1.54, 1.807) is 5.37 Å². The number of aromatic nitrogens is 1. The highest BCUT2D eigenvalue weighted by Gasteiger charge is 2.03. The minimum absolute atomic E-state index is 0.998. The number of pyridine rings is 1. The second-order valence-corrected chi connectivity index (χ2v) is 3.94. The summed E-state index contributed by atoms with van der Waals surface area (Å²) in [6.45, 7) is 0. The Balaban J connectivity index is 2.62. The fourth-order valence-electron chi connectivity index (χ4n) is 2.03. The van der Waals surface area contributed by atoms with Gasteiger partial charge in [0.1, 0.15) is 0 Å². The summed E-state index contributed by atoms with van der Waals surface area (Å²) in [7, 11) is 0. The maximum atomic E-state index is 5.06. The molecule has 1 heterocycles. The largest absolute Gasteiger partial charge is 0.256 e. The van der Waals surface area contributed by atoms with Gasteiger partial charge in [0.15, 0.2) is 0 Å². The molecule has 0 aliphatic heterocycles. The third kappa shape index (κ3) is 1.31. The zero-order chi connectivity index (χ0) is 11.0. The first-order chi connectivity index (χ1) is 7.90.